The van der Waals surface area contributed by atoms with E-state index in [9.17, 15) is 19.8 Å². The van der Waals surface area contributed by atoms with Gasteiger partial charge in [-0.3, -0.25) is 9.59 Å². The maximum atomic E-state index is 12.1. The number of carboxylic acid groups (broad SMARTS) is 2. The molecule has 0 heterocycles. The maximum absolute atomic E-state index is 12.1. The van der Waals surface area contributed by atoms with Gasteiger partial charge >= 0.3 is 11.9 Å². The standard InChI is InChI=1S/C20H38O4/c1-5-9-13-20(18(23)24,14-10-6-2)16-15-19(11-7-3,12-8-4)17(21)22/h5-16H2,1-4H3,(H,21,22)(H,23,24). The smallest absolute Gasteiger partial charge is 0.309 e. The van der Waals surface area contributed by atoms with Crippen LogP contribution in [0.5, 0.6) is 0 Å². The quantitative estimate of drug-likeness (QED) is 0.389. The Balaban J connectivity index is 5.41. The molecule has 0 saturated heterocycles. The van der Waals surface area contributed by atoms with Crippen LogP contribution in [0.15, 0.2) is 0 Å². The molecule has 4 heteroatoms. The highest BCUT2D eigenvalue weighted by Crippen LogP contribution is 2.43. The average Bonchev–Trinajstić information content (AvgIpc) is 2.54. The lowest BCUT2D eigenvalue weighted by Gasteiger charge is -2.35. The first-order valence-electron chi connectivity index (χ1n) is 9.81. The van der Waals surface area contributed by atoms with Crippen LogP contribution in [-0.4, -0.2) is 22.2 Å². The van der Waals surface area contributed by atoms with E-state index < -0.39 is 22.8 Å². The first-order chi connectivity index (χ1) is 11.3. The van der Waals surface area contributed by atoms with Crippen molar-refractivity contribution in [3.63, 3.8) is 0 Å². The Labute approximate surface area is 148 Å². The number of rotatable bonds is 15. The third kappa shape index (κ3) is 6.45. The summed E-state index contributed by atoms with van der Waals surface area (Å²) in [6.07, 6.45) is 8.88. The molecule has 0 bridgehead atoms. The Hall–Kier alpha value is -1.06. The van der Waals surface area contributed by atoms with E-state index in [4.69, 9.17) is 0 Å². The lowest BCUT2D eigenvalue weighted by atomic mass is 9.68. The van der Waals surface area contributed by atoms with Gasteiger partial charge in [0.15, 0.2) is 0 Å². The highest BCUT2D eigenvalue weighted by molar-refractivity contribution is 5.76. The fourth-order valence-corrected chi connectivity index (χ4v) is 3.86. The van der Waals surface area contributed by atoms with Crippen LogP contribution < -0.4 is 0 Å². The van der Waals surface area contributed by atoms with Crippen LogP contribution in [0.25, 0.3) is 0 Å². The maximum Gasteiger partial charge on any atom is 0.309 e. The number of aliphatic carboxylic acids is 2. The fraction of sp³-hybridized carbons (Fsp3) is 0.900. The van der Waals surface area contributed by atoms with E-state index >= 15 is 0 Å². The zero-order valence-electron chi connectivity index (χ0n) is 16.2. The molecule has 0 aromatic carbocycles. The van der Waals surface area contributed by atoms with Crippen molar-refractivity contribution in [2.45, 2.75) is 105 Å². The number of hydrogen-bond acceptors (Lipinski definition) is 2. The van der Waals surface area contributed by atoms with Crippen molar-refractivity contribution in [3.05, 3.63) is 0 Å². The predicted molar refractivity (Wildman–Crippen MR) is 98.2 cm³/mol. The first-order valence-corrected chi connectivity index (χ1v) is 9.81. The van der Waals surface area contributed by atoms with E-state index in [0.717, 1.165) is 38.5 Å². The molecule has 2 N–H and O–H groups in total. The van der Waals surface area contributed by atoms with Crippen LogP contribution in [0, 0.1) is 10.8 Å². The van der Waals surface area contributed by atoms with Gasteiger partial charge in [0, 0.05) is 0 Å². The lowest BCUT2D eigenvalue weighted by molar-refractivity contribution is -0.156. The Morgan fingerprint density at radius 1 is 0.583 bits per heavy atom. The van der Waals surface area contributed by atoms with Crippen molar-refractivity contribution >= 4 is 11.9 Å². The van der Waals surface area contributed by atoms with Crippen molar-refractivity contribution in [1.29, 1.82) is 0 Å². The Morgan fingerprint density at radius 3 is 1.17 bits per heavy atom. The van der Waals surface area contributed by atoms with Crippen molar-refractivity contribution in [3.8, 4) is 0 Å². The second kappa shape index (κ2) is 11.5. The van der Waals surface area contributed by atoms with Crippen molar-refractivity contribution in [2.24, 2.45) is 10.8 Å². The Bertz CT molecular complexity index is 362. The summed E-state index contributed by atoms with van der Waals surface area (Å²) in [5.74, 6) is -1.49. The summed E-state index contributed by atoms with van der Waals surface area (Å²) >= 11 is 0. The Kier molecular flexibility index (Phi) is 11.0. The predicted octanol–water partition coefficient (Wildman–Crippen LogP) is 5.89. The fourth-order valence-electron chi connectivity index (χ4n) is 3.86. The number of unbranched alkanes of at least 4 members (excludes halogenated alkanes) is 2. The number of carbonyl (C=O) groups is 2. The summed E-state index contributed by atoms with van der Waals surface area (Å²) in [5.41, 5.74) is -1.52. The van der Waals surface area contributed by atoms with Gasteiger partial charge in [-0.15, -0.1) is 0 Å². The highest BCUT2D eigenvalue weighted by Gasteiger charge is 2.43. The first kappa shape index (κ1) is 22.9. The molecule has 4 nitrogen and oxygen atoms in total. The molecule has 0 fully saturated rings. The number of carboxylic acids is 2. The SMILES string of the molecule is CCCCC(CCCC)(CCC(CCC)(CCC)C(=O)O)C(=O)O. The number of hydrogen-bond donors (Lipinski definition) is 2. The van der Waals surface area contributed by atoms with Gasteiger partial charge in [-0.1, -0.05) is 66.2 Å². The molecule has 0 aliphatic rings. The van der Waals surface area contributed by atoms with Gasteiger partial charge in [0.05, 0.1) is 10.8 Å². The van der Waals surface area contributed by atoms with E-state index in [-0.39, 0.29) is 0 Å². The van der Waals surface area contributed by atoms with Crippen LogP contribution in [0.2, 0.25) is 0 Å². The molecule has 24 heavy (non-hydrogen) atoms. The summed E-state index contributed by atoms with van der Waals surface area (Å²) in [6, 6.07) is 0. The summed E-state index contributed by atoms with van der Waals surface area (Å²) in [7, 11) is 0. The van der Waals surface area contributed by atoms with E-state index in [1.165, 1.54) is 0 Å². The van der Waals surface area contributed by atoms with Gasteiger partial charge in [-0.2, -0.15) is 0 Å². The molecule has 0 amide bonds. The van der Waals surface area contributed by atoms with Gasteiger partial charge < -0.3 is 10.2 Å². The molecule has 0 atom stereocenters. The van der Waals surface area contributed by atoms with E-state index in [2.05, 4.69) is 13.8 Å². The van der Waals surface area contributed by atoms with E-state index in [1.807, 2.05) is 13.8 Å². The third-order valence-corrected chi connectivity index (χ3v) is 5.46. The summed E-state index contributed by atoms with van der Waals surface area (Å²) in [5, 5.41) is 19.8. The van der Waals surface area contributed by atoms with Crippen LogP contribution >= 0.6 is 0 Å². The molecular formula is C20H38O4. The van der Waals surface area contributed by atoms with Gasteiger partial charge in [0.1, 0.15) is 0 Å². The normalized spacial score (nSPS) is 12.3. The molecule has 0 radical (unpaired) electrons. The molecule has 0 unspecified atom stereocenters. The largest absolute Gasteiger partial charge is 0.481 e. The van der Waals surface area contributed by atoms with Crippen LogP contribution in [-0.2, 0) is 9.59 Å². The second-order valence-electron chi connectivity index (χ2n) is 7.38. The van der Waals surface area contributed by atoms with Gasteiger partial charge in [0.2, 0.25) is 0 Å². The van der Waals surface area contributed by atoms with Crippen LogP contribution in [0.3, 0.4) is 0 Å². The third-order valence-electron chi connectivity index (χ3n) is 5.46. The molecule has 0 aliphatic carbocycles. The van der Waals surface area contributed by atoms with Crippen molar-refractivity contribution in [1.82, 2.24) is 0 Å². The average molecular weight is 343 g/mol. The van der Waals surface area contributed by atoms with E-state index in [0.29, 0.717) is 38.5 Å². The lowest BCUT2D eigenvalue weighted by Crippen LogP contribution is -2.37. The van der Waals surface area contributed by atoms with Gasteiger partial charge in [0.25, 0.3) is 0 Å². The molecular weight excluding hydrogens is 304 g/mol. The summed E-state index contributed by atoms with van der Waals surface area (Å²) in [4.78, 5) is 24.1. The summed E-state index contributed by atoms with van der Waals surface area (Å²) < 4.78 is 0. The van der Waals surface area contributed by atoms with Gasteiger partial charge in [-0.25, -0.2) is 0 Å². The van der Waals surface area contributed by atoms with Crippen molar-refractivity contribution < 1.29 is 19.8 Å². The summed E-state index contributed by atoms with van der Waals surface area (Å²) in [6.45, 7) is 8.15. The van der Waals surface area contributed by atoms with Crippen molar-refractivity contribution in [2.75, 3.05) is 0 Å². The Morgan fingerprint density at radius 2 is 0.917 bits per heavy atom. The van der Waals surface area contributed by atoms with E-state index in [1.54, 1.807) is 0 Å². The molecule has 0 aliphatic heterocycles. The molecule has 0 spiro atoms. The monoisotopic (exact) mass is 342 g/mol. The molecule has 0 aromatic rings. The minimum absolute atomic E-state index is 0.476. The van der Waals surface area contributed by atoms with Crippen LogP contribution in [0.1, 0.15) is 105 Å². The molecule has 0 aromatic heterocycles. The zero-order chi connectivity index (χ0) is 18.6. The zero-order valence-corrected chi connectivity index (χ0v) is 16.2. The molecule has 142 valence electrons. The minimum atomic E-state index is -0.761. The second-order valence-corrected chi connectivity index (χ2v) is 7.38. The van der Waals surface area contributed by atoms with Gasteiger partial charge in [-0.05, 0) is 38.5 Å². The molecule has 0 rings (SSSR count). The van der Waals surface area contributed by atoms with Crippen LogP contribution in [0.4, 0.5) is 0 Å². The topological polar surface area (TPSA) is 74.6 Å². The minimum Gasteiger partial charge on any atom is -0.481 e. The molecule has 0 saturated carbocycles. The highest BCUT2D eigenvalue weighted by atomic mass is 16.4.